The summed E-state index contributed by atoms with van der Waals surface area (Å²) in [5.74, 6) is 2.10. The summed E-state index contributed by atoms with van der Waals surface area (Å²) in [6.45, 7) is 6.14. The first-order valence-electron chi connectivity index (χ1n) is 15.5. The predicted octanol–water partition coefficient (Wildman–Crippen LogP) is 8.32. The number of piperidine rings is 1. The summed E-state index contributed by atoms with van der Waals surface area (Å²) in [6, 6.07) is 22.1. The normalized spacial score (nSPS) is 14.2. The van der Waals surface area contributed by atoms with Crippen molar-refractivity contribution in [2.75, 3.05) is 39.1 Å². The molecule has 0 amide bonds. The zero-order valence-electron chi connectivity index (χ0n) is 25.3. The number of hydrogen-bond donors (Lipinski definition) is 0. The Bertz CT molecular complexity index is 1560. The Labute approximate surface area is 260 Å². The fraction of sp³-hybridized carbons (Fsp3) is 0.429. The maximum absolute atomic E-state index is 12.6. The van der Waals surface area contributed by atoms with Gasteiger partial charge in [0.05, 0.1) is 12.9 Å². The Morgan fingerprint density at radius 2 is 1.56 bits per heavy atom. The minimum absolute atomic E-state index is 0.0375. The van der Waals surface area contributed by atoms with Crippen LogP contribution in [0.2, 0.25) is 0 Å². The molecule has 0 saturated carbocycles. The Morgan fingerprint density at radius 3 is 2.28 bits per heavy atom. The van der Waals surface area contributed by atoms with Crippen LogP contribution in [0.15, 0.2) is 66.7 Å². The molecule has 0 unspecified atom stereocenters. The van der Waals surface area contributed by atoms with Crippen molar-refractivity contribution in [3.05, 3.63) is 77.9 Å². The lowest BCUT2D eigenvalue weighted by Gasteiger charge is -2.26. The summed E-state index contributed by atoms with van der Waals surface area (Å²) < 4.78 is 43.2. The molecule has 5 rings (SSSR count). The molecule has 8 heteroatoms. The zero-order chi connectivity index (χ0) is 30.1. The topological polar surface area (TPSA) is 65.1 Å². The van der Waals surface area contributed by atoms with Gasteiger partial charge in [-0.15, -0.1) is 11.3 Å². The molecule has 4 aromatic rings. The highest BCUT2D eigenvalue weighted by Gasteiger charge is 2.18. The van der Waals surface area contributed by atoms with Crippen LogP contribution in [0.4, 0.5) is 0 Å². The lowest BCUT2D eigenvalue weighted by atomic mass is 9.99. The van der Waals surface area contributed by atoms with Crippen LogP contribution in [0.5, 0.6) is 17.2 Å². The fourth-order valence-electron chi connectivity index (χ4n) is 5.61. The van der Waals surface area contributed by atoms with Gasteiger partial charge in [0, 0.05) is 16.1 Å². The number of thiophene rings is 1. The third-order valence-electron chi connectivity index (χ3n) is 8.02. The molecule has 0 bridgehead atoms. The monoisotopic (exact) mass is 621 g/mol. The van der Waals surface area contributed by atoms with Crippen molar-refractivity contribution in [1.82, 2.24) is 4.90 Å². The van der Waals surface area contributed by atoms with E-state index in [0.29, 0.717) is 18.8 Å². The number of hydrogen-bond acceptors (Lipinski definition) is 7. The molecule has 230 valence electrons. The number of ether oxygens (including phenoxy) is 2. The highest BCUT2D eigenvalue weighted by atomic mass is 32.2. The number of benzene rings is 3. The SMILES string of the molecule is CCCCCCS(=O)(=O)Oc1ccc2c(Cc3ccc(OCCN4CCCCC4)cc3)c(-c3ccc(OC)cc3)sc2c1. The van der Waals surface area contributed by atoms with Gasteiger partial charge in [-0.05, 0) is 115 Å². The van der Waals surface area contributed by atoms with Gasteiger partial charge in [0.2, 0.25) is 0 Å². The number of methoxy groups -OCH3 is 1. The first-order chi connectivity index (χ1) is 20.9. The number of unbranched alkanes of at least 4 members (excludes halogenated alkanes) is 3. The van der Waals surface area contributed by atoms with Gasteiger partial charge in [-0.3, -0.25) is 4.90 Å². The quantitative estimate of drug-likeness (QED) is 0.0983. The van der Waals surface area contributed by atoms with Gasteiger partial charge in [-0.2, -0.15) is 8.42 Å². The second-order valence-electron chi connectivity index (χ2n) is 11.3. The minimum Gasteiger partial charge on any atom is -0.497 e. The predicted molar refractivity (Wildman–Crippen MR) is 177 cm³/mol. The molecule has 1 fully saturated rings. The van der Waals surface area contributed by atoms with E-state index in [4.69, 9.17) is 13.7 Å². The molecule has 1 aliphatic heterocycles. The van der Waals surface area contributed by atoms with Gasteiger partial charge < -0.3 is 13.7 Å². The lowest BCUT2D eigenvalue weighted by Crippen LogP contribution is -2.33. The first-order valence-corrected chi connectivity index (χ1v) is 17.9. The Balaban J connectivity index is 1.34. The molecular weight excluding hydrogens is 579 g/mol. The molecule has 0 spiro atoms. The molecule has 43 heavy (non-hydrogen) atoms. The van der Waals surface area contributed by atoms with E-state index in [1.807, 2.05) is 24.3 Å². The van der Waals surface area contributed by atoms with Crippen LogP contribution in [0.3, 0.4) is 0 Å². The second-order valence-corrected chi connectivity index (χ2v) is 14.0. The van der Waals surface area contributed by atoms with Crippen molar-refractivity contribution in [2.45, 2.75) is 58.3 Å². The summed E-state index contributed by atoms with van der Waals surface area (Å²) in [4.78, 5) is 3.64. The largest absolute Gasteiger partial charge is 0.497 e. The van der Waals surface area contributed by atoms with Crippen molar-refractivity contribution < 1.29 is 22.1 Å². The number of nitrogens with zero attached hydrogens (tertiary/aromatic N) is 1. The number of fused-ring (bicyclic) bond motifs is 1. The second kappa shape index (κ2) is 15.1. The van der Waals surface area contributed by atoms with E-state index < -0.39 is 10.1 Å². The van der Waals surface area contributed by atoms with E-state index in [1.54, 1.807) is 24.5 Å². The van der Waals surface area contributed by atoms with Gasteiger partial charge in [0.1, 0.15) is 23.9 Å². The van der Waals surface area contributed by atoms with Crippen LogP contribution in [-0.4, -0.2) is 52.4 Å². The van der Waals surface area contributed by atoms with Gasteiger partial charge in [0.15, 0.2) is 0 Å². The van der Waals surface area contributed by atoms with Crippen molar-refractivity contribution in [2.24, 2.45) is 0 Å². The number of likely N-dealkylation sites (tertiary alicyclic amines) is 1. The summed E-state index contributed by atoms with van der Waals surface area (Å²) >= 11 is 1.66. The van der Waals surface area contributed by atoms with E-state index in [1.165, 1.54) is 43.5 Å². The highest BCUT2D eigenvalue weighted by molar-refractivity contribution is 7.87. The van der Waals surface area contributed by atoms with E-state index in [-0.39, 0.29) is 5.75 Å². The van der Waals surface area contributed by atoms with Gasteiger partial charge in [-0.1, -0.05) is 44.7 Å². The van der Waals surface area contributed by atoms with Crippen molar-refractivity contribution in [3.8, 4) is 27.7 Å². The standard InChI is InChI=1S/C35H43NO5S2/c1-3-4-5-9-24-43(37,38)41-31-18-19-32-33(35(42-34(32)26-31)28-12-16-29(39-2)17-13-28)25-27-10-14-30(15-11-27)40-23-22-36-20-7-6-8-21-36/h10-19,26H,3-9,20-25H2,1-2H3. The van der Waals surface area contributed by atoms with Crippen molar-refractivity contribution >= 4 is 31.5 Å². The summed E-state index contributed by atoms with van der Waals surface area (Å²) in [5.41, 5.74) is 3.49. The van der Waals surface area contributed by atoms with Gasteiger partial charge in [0.25, 0.3) is 0 Å². The molecule has 1 aromatic heterocycles. The lowest BCUT2D eigenvalue weighted by molar-refractivity contribution is 0.183. The molecule has 0 N–H and O–H groups in total. The van der Waals surface area contributed by atoms with E-state index in [0.717, 1.165) is 64.3 Å². The molecule has 0 radical (unpaired) electrons. The average molecular weight is 622 g/mol. The van der Waals surface area contributed by atoms with Crippen molar-refractivity contribution in [1.29, 1.82) is 0 Å². The molecular formula is C35H43NO5S2. The Morgan fingerprint density at radius 1 is 0.837 bits per heavy atom. The van der Waals surface area contributed by atoms with Crippen LogP contribution < -0.4 is 13.7 Å². The summed E-state index contributed by atoms with van der Waals surface area (Å²) in [5, 5.41) is 1.10. The highest BCUT2D eigenvalue weighted by Crippen LogP contribution is 2.42. The molecule has 6 nitrogen and oxygen atoms in total. The maximum atomic E-state index is 12.6. The minimum atomic E-state index is -3.64. The third kappa shape index (κ3) is 8.74. The molecule has 1 saturated heterocycles. The van der Waals surface area contributed by atoms with Gasteiger partial charge >= 0.3 is 10.1 Å². The first kappa shape index (κ1) is 31.4. The molecule has 0 aliphatic carbocycles. The summed E-state index contributed by atoms with van der Waals surface area (Å²) in [6.07, 6.45) is 8.26. The van der Waals surface area contributed by atoms with Crippen LogP contribution in [0, 0.1) is 0 Å². The van der Waals surface area contributed by atoms with Gasteiger partial charge in [-0.25, -0.2) is 0 Å². The van der Waals surface area contributed by atoms with Crippen molar-refractivity contribution in [3.63, 3.8) is 0 Å². The molecule has 2 heterocycles. The Hall–Kier alpha value is -3.07. The molecule has 3 aromatic carbocycles. The summed E-state index contributed by atoms with van der Waals surface area (Å²) in [7, 11) is -1.97. The average Bonchev–Trinajstić information content (AvgIpc) is 3.37. The Kier molecular flexibility index (Phi) is 11.0. The van der Waals surface area contributed by atoms with Crippen LogP contribution in [-0.2, 0) is 16.5 Å². The fourth-order valence-corrected chi connectivity index (χ4v) is 7.90. The van der Waals surface area contributed by atoms with Crippen LogP contribution in [0.1, 0.15) is 63.0 Å². The smallest absolute Gasteiger partial charge is 0.309 e. The van der Waals surface area contributed by atoms with E-state index in [2.05, 4.69) is 48.2 Å². The van der Waals surface area contributed by atoms with Crippen LogP contribution in [0.25, 0.3) is 20.5 Å². The van der Waals surface area contributed by atoms with E-state index in [9.17, 15) is 8.42 Å². The maximum Gasteiger partial charge on any atom is 0.309 e. The zero-order valence-corrected chi connectivity index (χ0v) is 27.0. The molecule has 1 aliphatic rings. The third-order valence-corrected chi connectivity index (χ3v) is 10.5. The molecule has 0 atom stereocenters. The van der Waals surface area contributed by atoms with Crippen LogP contribution >= 0.6 is 11.3 Å². The van der Waals surface area contributed by atoms with E-state index >= 15 is 0 Å². The number of rotatable bonds is 15.